The second-order valence-electron chi connectivity index (χ2n) is 7.25. The summed E-state index contributed by atoms with van der Waals surface area (Å²) in [4.78, 5) is 16.0. The molecular weight excluding hydrogens is 338 g/mol. The number of hydrogen-bond acceptors (Lipinski definition) is 4. The Balaban J connectivity index is 1.71. The second-order valence-corrected chi connectivity index (χ2v) is 7.25. The maximum atomic E-state index is 11.4. The van der Waals surface area contributed by atoms with E-state index in [9.17, 15) is 4.79 Å². The molecule has 1 aromatic carbocycles. The Hall–Kier alpha value is -2.89. The van der Waals surface area contributed by atoms with Crippen LogP contribution in [0, 0.1) is 0 Å². The molecule has 1 fully saturated rings. The van der Waals surface area contributed by atoms with Crippen molar-refractivity contribution in [2.24, 2.45) is 0 Å². The summed E-state index contributed by atoms with van der Waals surface area (Å²) in [5.74, 6) is 0.796. The van der Waals surface area contributed by atoms with Gasteiger partial charge in [-0.2, -0.15) is 5.10 Å². The molecule has 0 radical (unpaired) electrons. The maximum Gasteiger partial charge on any atom is 0.221 e. The van der Waals surface area contributed by atoms with Gasteiger partial charge in [0.05, 0.1) is 10.9 Å². The molecule has 3 N–H and O–H groups in total. The van der Waals surface area contributed by atoms with E-state index in [1.807, 2.05) is 36.5 Å². The van der Waals surface area contributed by atoms with Gasteiger partial charge < -0.3 is 10.6 Å². The van der Waals surface area contributed by atoms with Crippen LogP contribution >= 0.6 is 0 Å². The smallest absolute Gasteiger partial charge is 0.221 e. The van der Waals surface area contributed by atoms with Crippen molar-refractivity contribution >= 4 is 28.3 Å². The Kier molecular flexibility index (Phi) is 5.05. The highest BCUT2D eigenvalue weighted by molar-refractivity contribution is 6.01. The summed E-state index contributed by atoms with van der Waals surface area (Å²) in [6.07, 6.45) is 9.37. The first-order valence-electron chi connectivity index (χ1n) is 9.68. The third kappa shape index (κ3) is 3.94. The van der Waals surface area contributed by atoms with E-state index in [4.69, 9.17) is 0 Å². The topological polar surface area (TPSA) is 82.7 Å². The number of amides is 1. The fourth-order valence-corrected chi connectivity index (χ4v) is 3.85. The Labute approximate surface area is 158 Å². The predicted octanol–water partition coefficient (Wildman–Crippen LogP) is 4.72. The largest absolute Gasteiger partial charge is 0.367 e. The highest BCUT2D eigenvalue weighted by Crippen LogP contribution is 2.33. The molecule has 0 spiro atoms. The Morgan fingerprint density at radius 3 is 2.74 bits per heavy atom. The fourth-order valence-electron chi connectivity index (χ4n) is 3.85. The van der Waals surface area contributed by atoms with Gasteiger partial charge in [0.15, 0.2) is 0 Å². The third-order valence-corrected chi connectivity index (χ3v) is 5.13. The zero-order valence-electron chi connectivity index (χ0n) is 15.6. The molecular formula is C21H25N5O. The summed E-state index contributed by atoms with van der Waals surface area (Å²) in [5, 5.41) is 15.2. The number of aromatic nitrogens is 3. The van der Waals surface area contributed by atoms with Crippen molar-refractivity contribution in [3.05, 3.63) is 36.5 Å². The van der Waals surface area contributed by atoms with E-state index in [1.54, 1.807) is 0 Å². The van der Waals surface area contributed by atoms with Crippen molar-refractivity contribution in [1.29, 1.82) is 0 Å². The minimum atomic E-state index is -0.0866. The molecule has 0 saturated heterocycles. The number of anilines is 2. The molecule has 2 heterocycles. The monoisotopic (exact) mass is 363 g/mol. The van der Waals surface area contributed by atoms with E-state index >= 15 is 0 Å². The molecule has 1 aliphatic carbocycles. The van der Waals surface area contributed by atoms with Gasteiger partial charge in [-0.1, -0.05) is 37.8 Å². The lowest BCUT2D eigenvalue weighted by molar-refractivity contribution is -0.114. The summed E-state index contributed by atoms with van der Waals surface area (Å²) in [7, 11) is 0. The van der Waals surface area contributed by atoms with E-state index in [1.165, 1.54) is 45.4 Å². The summed E-state index contributed by atoms with van der Waals surface area (Å²) < 4.78 is 0. The van der Waals surface area contributed by atoms with Crippen molar-refractivity contribution in [3.8, 4) is 11.3 Å². The van der Waals surface area contributed by atoms with E-state index < -0.39 is 0 Å². The van der Waals surface area contributed by atoms with Crippen LogP contribution in [0.25, 0.3) is 22.2 Å². The SMILES string of the molecule is CC(=O)Nc1cccc(-c2n[nH]c3ccnc(NC4CCCCCC4)c23)c1. The van der Waals surface area contributed by atoms with E-state index in [2.05, 4.69) is 25.8 Å². The van der Waals surface area contributed by atoms with Gasteiger partial charge in [-0.25, -0.2) is 4.98 Å². The highest BCUT2D eigenvalue weighted by atomic mass is 16.1. The number of nitrogens with one attached hydrogen (secondary N) is 3. The Bertz CT molecular complexity index is 941. The summed E-state index contributed by atoms with van der Waals surface area (Å²) in [5.41, 5.74) is 3.52. The fraction of sp³-hybridized carbons (Fsp3) is 0.381. The first kappa shape index (κ1) is 17.5. The first-order chi connectivity index (χ1) is 13.2. The van der Waals surface area contributed by atoms with Crippen LogP contribution in [0.3, 0.4) is 0 Å². The van der Waals surface area contributed by atoms with Crippen molar-refractivity contribution < 1.29 is 4.79 Å². The van der Waals surface area contributed by atoms with E-state index in [-0.39, 0.29) is 5.91 Å². The molecule has 0 bridgehead atoms. The number of carbonyl (C=O) groups is 1. The first-order valence-corrected chi connectivity index (χ1v) is 9.68. The van der Waals surface area contributed by atoms with Crippen LogP contribution in [0.15, 0.2) is 36.5 Å². The predicted molar refractivity (Wildman–Crippen MR) is 109 cm³/mol. The van der Waals surface area contributed by atoms with Gasteiger partial charge in [-0.05, 0) is 31.0 Å². The van der Waals surface area contributed by atoms with Gasteiger partial charge >= 0.3 is 0 Å². The minimum Gasteiger partial charge on any atom is -0.367 e. The number of hydrogen-bond donors (Lipinski definition) is 3. The molecule has 0 atom stereocenters. The second kappa shape index (κ2) is 7.78. The molecule has 1 aliphatic rings. The lowest BCUT2D eigenvalue weighted by atomic mass is 10.1. The Morgan fingerprint density at radius 1 is 1.15 bits per heavy atom. The molecule has 4 rings (SSSR count). The summed E-state index contributed by atoms with van der Waals surface area (Å²) >= 11 is 0. The van der Waals surface area contributed by atoms with Crippen molar-refractivity contribution in [1.82, 2.24) is 15.2 Å². The number of carbonyl (C=O) groups excluding carboxylic acids is 1. The molecule has 3 aromatic rings. The van der Waals surface area contributed by atoms with Gasteiger partial charge in [0.2, 0.25) is 5.91 Å². The van der Waals surface area contributed by atoms with Crippen LogP contribution in [0.5, 0.6) is 0 Å². The molecule has 27 heavy (non-hydrogen) atoms. The van der Waals surface area contributed by atoms with Crippen LogP contribution in [-0.4, -0.2) is 27.1 Å². The van der Waals surface area contributed by atoms with Crippen molar-refractivity contribution in [2.75, 3.05) is 10.6 Å². The van der Waals surface area contributed by atoms with Crippen LogP contribution < -0.4 is 10.6 Å². The highest BCUT2D eigenvalue weighted by Gasteiger charge is 2.18. The molecule has 0 aliphatic heterocycles. The summed E-state index contributed by atoms with van der Waals surface area (Å²) in [6, 6.07) is 10.2. The van der Waals surface area contributed by atoms with Crippen LogP contribution in [0.2, 0.25) is 0 Å². The lowest BCUT2D eigenvalue weighted by Gasteiger charge is -2.17. The summed E-state index contributed by atoms with van der Waals surface area (Å²) in [6.45, 7) is 1.51. The number of fused-ring (bicyclic) bond motifs is 1. The number of pyridine rings is 1. The van der Waals surface area contributed by atoms with Crippen molar-refractivity contribution in [3.63, 3.8) is 0 Å². The number of rotatable bonds is 4. The van der Waals surface area contributed by atoms with Crippen LogP contribution in [0.1, 0.15) is 45.4 Å². The molecule has 1 amide bonds. The molecule has 1 saturated carbocycles. The number of aromatic amines is 1. The van der Waals surface area contributed by atoms with Gasteiger partial charge in [-0.3, -0.25) is 9.89 Å². The standard InChI is InChI=1S/C21H25N5O/c1-14(27)23-17-10-6-7-15(13-17)20-19-18(25-26-20)11-12-22-21(19)24-16-8-4-2-3-5-9-16/h6-7,10-13,16H,2-5,8-9H2,1H3,(H,22,24)(H,23,27)(H,25,26). The molecule has 0 unspecified atom stereocenters. The molecule has 140 valence electrons. The number of H-pyrrole nitrogens is 1. The third-order valence-electron chi connectivity index (χ3n) is 5.13. The van der Waals surface area contributed by atoms with Crippen LogP contribution in [0.4, 0.5) is 11.5 Å². The number of nitrogens with zero attached hydrogens (tertiary/aromatic N) is 2. The van der Waals surface area contributed by atoms with Gasteiger partial charge in [-0.15, -0.1) is 0 Å². The molecule has 6 heteroatoms. The number of benzene rings is 1. The lowest BCUT2D eigenvalue weighted by Crippen LogP contribution is -2.19. The van der Waals surface area contributed by atoms with Crippen molar-refractivity contribution in [2.45, 2.75) is 51.5 Å². The maximum absolute atomic E-state index is 11.4. The normalized spacial score (nSPS) is 15.4. The van der Waals surface area contributed by atoms with Gasteiger partial charge in [0.25, 0.3) is 0 Å². The van der Waals surface area contributed by atoms with Gasteiger partial charge in [0.1, 0.15) is 11.5 Å². The zero-order chi connectivity index (χ0) is 18.6. The zero-order valence-corrected chi connectivity index (χ0v) is 15.6. The average Bonchev–Trinajstić information content (AvgIpc) is 2.93. The van der Waals surface area contributed by atoms with Gasteiger partial charge in [0, 0.05) is 30.4 Å². The van der Waals surface area contributed by atoms with Crippen LogP contribution in [-0.2, 0) is 4.79 Å². The van der Waals surface area contributed by atoms with E-state index in [0.717, 1.165) is 33.7 Å². The molecule has 6 nitrogen and oxygen atoms in total. The quantitative estimate of drug-likeness (QED) is 0.586. The average molecular weight is 363 g/mol. The van der Waals surface area contributed by atoms with E-state index in [0.29, 0.717) is 6.04 Å². The Morgan fingerprint density at radius 2 is 1.96 bits per heavy atom. The molecule has 2 aromatic heterocycles. The minimum absolute atomic E-state index is 0.0866.